The fourth-order valence-electron chi connectivity index (χ4n) is 5.04. The first-order valence-corrected chi connectivity index (χ1v) is 13.3. The van der Waals surface area contributed by atoms with Crippen molar-refractivity contribution in [2.24, 2.45) is 0 Å². The molecule has 2 saturated heterocycles. The molecule has 3 heterocycles. The summed E-state index contributed by atoms with van der Waals surface area (Å²) in [7, 11) is 3.26. The van der Waals surface area contributed by atoms with Crippen LogP contribution in [-0.4, -0.2) is 83.6 Å². The van der Waals surface area contributed by atoms with Crippen LogP contribution in [0.4, 0.5) is 10.1 Å². The van der Waals surface area contributed by atoms with E-state index in [1.165, 1.54) is 28.4 Å². The summed E-state index contributed by atoms with van der Waals surface area (Å²) in [5.41, 5.74) is 5.05. The first-order valence-electron chi connectivity index (χ1n) is 12.4. The number of aromatic nitrogens is 1. The molecule has 12 heteroatoms. The summed E-state index contributed by atoms with van der Waals surface area (Å²) in [5.74, 6) is -0.551. The number of anilines is 1. The summed E-state index contributed by atoms with van der Waals surface area (Å²) < 4.78 is 34.3. The van der Waals surface area contributed by atoms with Gasteiger partial charge in [0.15, 0.2) is 18.7 Å². The molecule has 2 aliphatic rings. The third kappa shape index (κ3) is 5.31. The number of aliphatic hydroxyl groups excluding tert-OH is 1. The Morgan fingerprint density at radius 3 is 2.71 bits per heavy atom. The zero-order valence-electron chi connectivity index (χ0n) is 21.6. The predicted molar refractivity (Wildman–Crippen MR) is 141 cm³/mol. The number of carbonyl (C=O) groups excluding carboxylic acids is 1. The van der Waals surface area contributed by atoms with Gasteiger partial charge in [0.2, 0.25) is 0 Å². The lowest BCUT2D eigenvalue weighted by Crippen LogP contribution is -2.72. The maximum atomic E-state index is 15.1. The number of hydrogen-bond acceptors (Lipinski definition) is 10. The number of amides is 1. The largest absolute Gasteiger partial charge is 0.388 e. The molecule has 0 bridgehead atoms. The van der Waals surface area contributed by atoms with Crippen molar-refractivity contribution in [3.63, 3.8) is 0 Å². The summed E-state index contributed by atoms with van der Waals surface area (Å²) in [5, 5.41) is 18.1. The number of thiazole rings is 1. The van der Waals surface area contributed by atoms with E-state index in [1.807, 2.05) is 49.4 Å². The van der Waals surface area contributed by atoms with Crippen LogP contribution in [0.15, 0.2) is 48.5 Å². The van der Waals surface area contributed by atoms with E-state index in [2.05, 4.69) is 15.7 Å². The fraction of sp³-hybridized carbons (Fsp3) is 0.462. The van der Waals surface area contributed by atoms with E-state index in [-0.39, 0.29) is 6.61 Å². The molecule has 7 atom stereocenters. The van der Waals surface area contributed by atoms with Crippen LogP contribution in [-0.2, 0) is 19.0 Å². The SMILES string of the molecule is CNN(C)N(C(C)F)[C@@H]1[C@@H](O)[C@H](C(=O)Nc2ccc3nc(C)sc3c2)O[C@@H]2CO[C@H](c3ccccc3)O[C@H]12. The average Bonchev–Trinajstić information content (AvgIpc) is 3.29. The number of carbonyl (C=O) groups is 1. The average molecular weight is 546 g/mol. The minimum absolute atomic E-state index is 0.0983. The minimum Gasteiger partial charge on any atom is -0.388 e. The predicted octanol–water partition coefficient (Wildman–Crippen LogP) is 2.75. The van der Waals surface area contributed by atoms with Crippen LogP contribution < -0.4 is 10.7 Å². The second kappa shape index (κ2) is 11.3. The molecule has 0 spiro atoms. The molecule has 2 aliphatic heterocycles. The molecule has 0 radical (unpaired) electrons. The molecule has 10 nitrogen and oxygen atoms in total. The Morgan fingerprint density at radius 1 is 1.24 bits per heavy atom. The molecule has 2 aromatic carbocycles. The molecule has 3 aromatic rings. The molecule has 38 heavy (non-hydrogen) atoms. The number of benzene rings is 2. The molecule has 1 amide bonds. The number of nitrogens with zero attached hydrogens (tertiary/aromatic N) is 3. The van der Waals surface area contributed by atoms with Crippen LogP contribution in [0.25, 0.3) is 10.2 Å². The minimum atomic E-state index is -1.52. The smallest absolute Gasteiger partial charge is 0.256 e. The van der Waals surface area contributed by atoms with Crippen LogP contribution in [0, 0.1) is 6.92 Å². The van der Waals surface area contributed by atoms with Crippen LogP contribution in [0.2, 0.25) is 0 Å². The van der Waals surface area contributed by atoms with Crippen LogP contribution >= 0.6 is 11.3 Å². The summed E-state index contributed by atoms with van der Waals surface area (Å²) in [6.45, 7) is 3.38. The highest BCUT2D eigenvalue weighted by Gasteiger charge is 2.55. The van der Waals surface area contributed by atoms with Crippen molar-refractivity contribution in [1.29, 1.82) is 0 Å². The van der Waals surface area contributed by atoms with Gasteiger partial charge in [-0.1, -0.05) is 30.3 Å². The standard InChI is InChI=1S/C26H32FN5O5S/c1-14(27)32(31(4)28-3)21-22(33)24(25(34)30-17-10-11-18-20(12-17)38-15(2)29-18)36-19-13-35-26(37-23(19)21)16-8-6-5-7-9-16/h5-12,14,19,21-24,26,28,33H,13H2,1-4H3,(H,30,34)/t14?,19-,21-,22-,23+,24-,26+/m1/s1. The number of aliphatic hydroxyl groups is 1. The third-order valence-corrected chi connectivity index (χ3v) is 7.74. The van der Waals surface area contributed by atoms with Gasteiger partial charge >= 0.3 is 0 Å². The Kier molecular flexibility index (Phi) is 8.03. The molecule has 3 N–H and O–H groups in total. The van der Waals surface area contributed by atoms with Gasteiger partial charge < -0.3 is 24.6 Å². The highest BCUT2D eigenvalue weighted by atomic mass is 32.1. The number of rotatable bonds is 7. The molecule has 0 saturated carbocycles. The fourth-order valence-corrected chi connectivity index (χ4v) is 5.90. The molecule has 2 fully saturated rings. The van der Waals surface area contributed by atoms with E-state index >= 15 is 4.39 Å². The van der Waals surface area contributed by atoms with Gasteiger partial charge in [-0.2, -0.15) is 10.1 Å². The Bertz CT molecular complexity index is 1260. The lowest BCUT2D eigenvalue weighted by Gasteiger charge is -2.52. The topological polar surface area (TPSA) is 108 Å². The molecule has 1 aromatic heterocycles. The Labute approximate surface area is 224 Å². The van der Waals surface area contributed by atoms with E-state index in [4.69, 9.17) is 14.2 Å². The van der Waals surface area contributed by atoms with Crippen molar-refractivity contribution in [3.05, 3.63) is 59.1 Å². The lowest BCUT2D eigenvalue weighted by molar-refractivity contribution is -0.334. The van der Waals surface area contributed by atoms with E-state index in [0.29, 0.717) is 5.69 Å². The summed E-state index contributed by atoms with van der Waals surface area (Å²) in [6, 6.07) is 13.8. The van der Waals surface area contributed by atoms with Crippen molar-refractivity contribution in [2.45, 2.75) is 56.9 Å². The van der Waals surface area contributed by atoms with Gasteiger partial charge in [-0.05, 0) is 32.0 Å². The number of hydrazine groups is 2. The highest BCUT2D eigenvalue weighted by Crippen LogP contribution is 2.37. The Morgan fingerprint density at radius 2 is 2.00 bits per heavy atom. The van der Waals surface area contributed by atoms with Gasteiger partial charge in [0.1, 0.15) is 18.3 Å². The molecule has 0 aliphatic carbocycles. The number of aryl methyl sites for hydroxylation is 1. The van der Waals surface area contributed by atoms with Crippen molar-refractivity contribution in [1.82, 2.24) is 20.5 Å². The maximum Gasteiger partial charge on any atom is 0.256 e. The van der Waals surface area contributed by atoms with E-state index in [9.17, 15) is 9.90 Å². The van der Waals surface area contributed by atoms with Crippen LogP contribution in [0.5, 0.6) is 0 Å². The highest BCUT2D eigenvalue weighted by molar-refractivity contribution is 7.18. The number of hydrogen-bond donors (Lipinski definition) is 3. The van der Waals surface area contributed by atoms with Gasteiger partial charge in [0.05, 0.1) is 27.9 Å². The third-order valence-electron chi connectivity index (χ3n) is 6.81. The van der Waals surface area contributed by atoms with E-state index < -0.39 is 49.0 Å². The van der Waals surface area contributed by atoms with Gasteiger partial charge in [-0.15, -0.1) is 11.3 Å². The van der Waals surface area contributed by atoms with Crippen LogP contribution in [0.1, 0.15) is 23.8 Å². The zero-order valence-corrected chi connectivity index (χ0v) is 22.4. The molecule has 5 rings (SSSR count). The second-order valence-corrected chi connectivity index (χ2v) is 10.6. The summed E-state index contributed by atoms with van der Waals surface area (Å²) in [6.07, 6.45) is -6.49. The quantitative estimate of drug-likeness (QED) is 0.305. The summed E-state index contributed by atoms with van der Waals surface area (Å²) in [4.78, 5) is 17.9. The Balaban J connectivity index is 1.43. The van der Waals surface area contributed by atoms with Crippen molar-refractivity contribution >= 4 is 33.1 Å². The molecular formula is C26H32FN5O5S. The first kappa shape index (κ1) is 27.0. The van der Waals surface area contributed by atoms with Crippen molar-refractivity contribution < 1.29 is 28.5 Å². The van der Waals surface area contributed by atoms with Crippen molar-refractivity contribution in [3.8, 4) is 0 Å². The van der Waals surface area contributed by atoms with E-state index in [1.54, 1.807) is 20.2 Å². The number of halogens is 1. The molecular weight excluding hydrogens is 513 g/mol. The molecule has 1 unspecified atom stereocenters. The lowest BCUT2D eigenvalue weighted by atomic mass is 9.90. The number of alkyl halides is 1. The maximum absolute atomic E-state index is 15.1. The van der Waals surface area contributed by atoms with Gasteiger partial charge in [-0.25, -0.2) is 14.8 Å². The number of ether oxygens (including phenoxy) is 3. The number of fused-ring (bicyclic) bond motifs is 2. The number of nitrogens with one attached hydrogen (secondary N) is 2. The summed E-state index contributed by atoms with van der Waals surface area (Å²) >= 11 is 1.52. The zero-order chi connectivity index (χ0) is 27.0. The van der Waals surface area contributed by atoms with Crippen molar-refractivity contribution in [2.75, 3.05) is 26.0 Å². The van der Waals surface area contributed by atoms with Crippen LogP contribution in [0.3, 0.4) is 0 Å². The first-order chi connectivity index (χ1) is 18.3. The molecule has 204 valence electrons. The van der Waals surface area contributed by atoms with E-state index in [0.717, 1.165) is 20.8 Å². The van der Waals surface area contributed by atoms with Gasteiger partial charge in [-0.3, -0.25) is 4.79 Å². The van der Waals surface area contributed by atoms with Gasteiger partial charge in [0.25, 0.3) is 5.91 Å². The van der Waals surface area contributed by atoms with Gasteiger partial charge in [0, 0.05) is 25.3 Å². The Hall–Kier alpha value is -2.55. The second-order valence-electron chi connectivity index (χ2n) is 9.36. The monoisotopic (exact) mass is 545 g/mol. The normalized spacial score (nSPS) is 28.4.